The molecule has 0 atom stereocenters. The molecular formula is C43H37N13O19S6. The molecule has 0 aliphatic carbocycles. The van der Waals surface area contributed by atoms with E-state index in [9.17, 15) is 74.8 Å². The number of non-ortho nitro benzene ring substituents is 1. The smallest absolute Gasteiger partial charge is 0.296 e. The molecule has 0 radical (unpaired) electrons. The summed E-state index contributed by atoms with van der Waals surface area (Å²) in [5.41, 5.74) is 16.3. The zero-order valence-corrected chi connectivity index (χ0v) is 45.3. The Morgan fingerprint density at radius 2 is 1.02 bits per heavy atom. The summed E-state index contributed by atoms with van der Waals surface area (Å²) in [4.78, 5) is 4.81. The number of nitrogens with two attached hydrogens (primary N) is 3. The molecule has 0 aliphatic heterocycles. The molecular weight excluding hydrogens is 1190 g/mol. The summed E-state index contributed by atoms with van der Waals surface area (Å²) in [6.07, 6.45) is 0. The van der Waals surface area contributed by atoms with Gasteiger partial charge in [0.25, 0.3) is 56.2 Å². The molecule has 0 unspecified atom stereocenters. The molecule has 0 saturated carbocycles. The first-order chi connectivity index (χ1) is 37.5. The van der Waals surface area contributed by atoms with Gasteiger partial charge in [0, 0.05) is 36.0 Å². The average Bonchev–Trinajstić information content (AvgIpc) is 3.43. The van der Waals surface area contributed by atoms with Gasteiger partial charge in [-0.25, -0.2) is 16.8 Å². The van der Waals surface area contributed by atoms with Crippen molar-refractivity contribution in [3.8, 4) is 5.75 Å². The Kier molecular flexibility index (Phi) is 17.6. The highest BCUT2D eigenvalue weighted by molar-refractivity contribution is 7.95. The lowest BCUT2D eigenvalue weighted by Gasteiger charge is -2.14. The minimum absolute atomic E-state index is 0.0122. The van der Waals surface area contributed by atoms with Crippen molar-refractivity contribution in [3.05, 3.63) is 137 Å². The van der Waals surface area contributed by atoms with E-state index in [-0.39, 0.29) is 33.7 Å². The minimum atomic E-state index is -5.22. The quantitative estimate of drug-likeness (QED) is 0.0135. The number of nitrogens with zero attached hydrogens (tertiary/aromatic N) is 9. The SMILES string of the molecule is C=CS(=O)(=O)c1cc(N=NC)c(S(=O)(=O)O)cc1S(=O)(=O)O.Nc1ccc(N=Nc2ccc(NS(=O)(=O)c3ccc(N=Nc4c(S(=O)(=O)O)cc5cc(S(=O)(=O)O)c(N=Nc6ccc([N+](=O)[O-])cc6)c(N)c5c4O)cc3)cc2)c(N)c1. The van der Waals surface area contributed by atoms with Crippen molar-refractivity contribution in [2.24, 2.45) is 40.9 Å². The lowest BCUT2D eigenvalue weighted by molar-refractivity contribution is -0.384. The van der Waals surface area contributed by atoms with Crippen molar-refractivity contribution in [2.75, 3.05) is 29.0 Å². The summed E-state index contributed by atoms with van der Waals surface area (Å²) in [5, 5.41) is 51.7. The number of nitrogens with one attached hydrogen (secondary N) is 1. The number of nitro groups is 1. The number of azo groups is 4. The van der Waals surface area contributed by atoms with Crippen LogP contribution >= 0.6 is 0 Å². The van der Waals surface area contributed by atoms with E-state index >= 15 is 0 Å². The molecule has 0 heterocycles. The van der Waals surface area contributed by atoms with E-state index in [2.05, 4.69) is 52.2 Å². The molecule has 424 valence electrons. The number of nitro benzene ring substituents is 1. The maximum atomic E-state index is 13.1. The molecule has 0 bridgehead atoms. The van der Waals surface area contributed by atoms with Crippen LogP contribution in [0.4, 0.5) is 68.2 Å². The standard InChI is InChI=1S/C34H27N11O11S3.C9H10N2O8S3/c35-19-1-14-27(26(36)17-19)41-38-20-2-4-23(5-3-20)44-57(49,50)25-12-8-22(9-13-25)40-43-33-29(59(54,55)56)16-18-15-28(58(51,52)53)32(31(37)30(18)34(33)46)42-39-21-6-10-24(11-7-21)45(47)48;1-3-20(12,13)8-4-6(11-10-2)7(21(14,15)16)5-9(8)22(17,18)19/h1-17,44,46H,35-37H2,(H,51,52,53)(H,54,55,56);3-5H,1H2,2H3,(H,14,15,16)(H,17,18,19). The number of nitrogen functional groups attached to an aromatic ring is 3. The van der Waals surface area contributed by atoms with Gasteiger partial charge >= 0.3 is 0 Å². The average molecular weight is 1230 g/mol. The molecule has 12 N–H and O–H groups in total. The van der Waals surface area contributed by atoms with E-state index in [0.29, 0.717) is 46.4 Å². The van der Waals surface area contributed by atoms with Crippen LogP contribution in [0.1, 0.15) is 0 Å². The Morgan fingerprint density at radius 1 is 0.543 bits per heavy atom. The van der Waals surface area contributed by atoms with Crippen molar-refractivity contribution in [2.45, 2.75) is 29.4 Å². The number of sulfone groups is 1. The maximum absolute atomic E-state index is 13.1. The summed E-state index contributed by atoms with van der Waals surface area (Å²) in [5.74, 6) is -1.03. The van der Waals surface area contributed by atoms with Gasteiger partial charge < -0.3 is 22.3 Å². The van der Waals surface area contributed by atoms with E-state index in [1.165, 1.54) is 54.6 Å². The Hall–Kier alpha value is -9.12. The monoisotopic (exact) mass is 1230 g/mol. The maximum Gasteiger partial charge on any atom is 0.296 e. The third-order valence-corrected chi connectivity index (χ3v) is 16.8. The predicted octanol–water partition coefficient (Wildman–Crippen LogP) is 8.55. The van der Waals surface area contributed by atoms with Crippen LogP contribution in [0.25, 0.3) is 10.8 Å². The first-order valence-corrected chi connectivity index (χ1v) is 30.1. The third kappa shape index (κ3) is 14.6. The Morgan fingerprint density at radius 3 is 1.51 bits per heavy atom. The number of anilines is 4. The van der Waals surface area contributed by atoms with Crippen molar-refractivity contribution >= 4 is 139 Å². The highest BCUT2D eigenvalue weighted by atomic mass is 32.2. The van der Waals surface area contributed by atoms with Crippen LogP contribution in [0.3, 0.4) is 0 Å². The normalized spacial score (nSPS) is 12.8. The summed E-state index contributed by atoms with van der Waals surface area (Å²) < 4.78 is 185. The summed E-state index contributed by atoms with van der Waals surface area (Å²) in [6, 6.07) is 22.1. The Balaban J connectivity index is 0.000000403. The number of phenols is 1. The first kappa shape index (κ1) is 61.1. The highest BCUT2D eigenvalue weighted by Gasteiger charge is 2.31. The fourth-order valence-corrected chi connectivity index (χ4v) is 11.8. The summed E-state index contributed by atoms with van der Waals surface area (Å²) in [7, 11) is -27.8. The lowest BCUT2D eigenvalue weighted by atomic mass is 10.1. The molecule has 0 aromatic heterocycles. The molecule has 7 aromatic rings. The highest BCUT2D eigenvalue weighted by Crippen LogP contribution is 2.48. The van der Waals surface area contributed by atoms with E-state index in [1.54, 1.807) is 12.1 Å². The minimum Gasteiger partial charge on any atom is -0.505 e. The molecule has 38 heteroatoms. The van der Waals surface area contributed by atoms with Crippen molar-refractivity contribution in [3.63, 3.8) is 0 Å². The second-order valence-corrected chi connectivity index (χ2v) is 24.9. The van der Waals surface area contributed by atoms with Gasteiger partial charge in [0.15, 0.2) is 5.75 Å². The van der Waals surface area contributed by atoms with Crippen LogP contribution in [0.2, 0.25) is 0 Å². The van der Waals surface area contributed by atoms with Gasteiger partial charge in [0.1, 0.15) is 42.3 Å². The van der Waals surface area contributed by atoms with Gasteiger partial charge in [0.2, 0.25) is 9.84 Å². The van der Waals surface area contributed by atoms with Crippen LogP contribution < -0.4 is 21.9 Å². The molecule has 7 aromatic carbocycles. The van der Waals surface area contributed by atoms with Gasteiger partial charge in [-0.3, -0.25) is 33.0 Å². The van der Waals surface area contributed by atoms with E-state index < -0.39 is 129 Å². The second-order valence-electron chi connectivity index (χ2n) is 15.8. The zero-order valence-electron chi connectivity index (χ0n) is 40.4. The van der Waals surface area contributed by atoms with Gasteiger partial charge in [0.05, 0.1) is 48.5 Å². The topological polar surface area (TPSA) is 538 Å². The zero-order chi connectivity index (χ0) is 60.2. The number of rotatable bonds is 17. The van der Waals surface area contributed by atoms with Gasteiger partial charge in [-0.1, -0.05) is 6.58 Å². The largest absolute Gasteiger partial charge is 0.505 e. The first-order valence-electron chi connectivity index (χ1n) is 21.3. The van der Waals surface area contributed by atoms with Gasteiger partial charge in [-0.05, 0) is 109 Å². The number of hydrogen-bond donors (Lipinski definition) is 9. The molecule has 0 saturated heterocycles. The van der Waals surface area contributed by atoms with E-state index in [4.69, 9.17) is 26.3 Å². The van der Waals surface area contributed by atoms with Crippen LogP contribution in [-0.4, -0.2) is 85.8 Å². The Bertz CT molecular complexity index is 4550. The number of sulfonamides is 1. The summed E-state index contributed by atoms with van der Waals surface area (Å²) >= 11 is 0. The van der Waals surface area contributed by atoms with E-state index in [0.717, 1.165) is 31.3 Å². The predicted molar refractivity (Wildman–Crippen MR) is 288 cm³/mol. The second kappa shape index (κ2) is 23.3. The number of hydrogen-bond acceptors (Lipinski definition) is 26. The van der Waals surface area contributed by atoms with Gasteiger partial charge in [-0.15, -0.1) is 15.3 Å². The van der Waals surface area contributed by atoms with Crippen LogP contribution in [0.5, 0.6) is 5.75 Å². The number of benzene rings is 7. The molecule has 81 heavy (non-hydrogen) atoms. The molecule has 32 nitrogen and oxygen atoms in total. The number of phenolic OH excluding ortho intramolecular Hbond substituents is 1. The van der Waals surface area contributed by atoms with E-state index in [1.807, 2.05) is 0 Å². The van der Waals surface area contributed by atoms with Crippen LogP contribution in [0.15, 0.2) is 198 Å². The fourth-order valence-electron chi connectivity index (χ4n) is 6.68. The molecule has 0 amide bonds. The Labute approximate surface area is 458 Å². The van der Waals surface area contributed by atoms with Crippen molar-refractivity contribution in [1.29, 1.82) is 0 Å². The van der Waals surface area contributed by atoms with Gasteiger partial charge in [-0.2, -0.15) is 59.2 Å². The van der Waals surface area contributed by atoms with Crippen LogP contribution in [0, 0.1) is 10.1 Å². The molecule has 0 aliphatic rings. The number of aromatic hydroxyl groups is 1. The third-order valence-electron chi connectivity index (χ3n) is 10.4. The fraction of sp³-hybridized carbons (Fsp3) is 0.0233. The summed E-state index contributed by atoms with van der Waals surface area (Å²) in [6.45, 7) is 2.99. The van der Waals surface area contributed by atoms with Crippen LogP contribution in [-0.2, 0) is 60.3 Å². The van der Waals surface area contributed by atoms with Crippen molar-refractivity contribution < 1.29 is 78.7 Å². The molecule has 0 fully saturated rings. The number of fused-ring (bicyclic) bond motifs is 1. The van der Waals surface area contributed by atoms with Crippen molar-refractivity contribution in [1.82, 2.24) is 0 Å². The lowest BCUT2D eigenvalue weighted by Crippen LogP contribution is -2.12. The molecule has 7 rings (SSSR count). The molecule has 0 spiro atoms.